The fourth-order valence-corrected chi connectivity index (χ4v) is 1.43. The average molecular weight is 235 g/mol. The van der Waals surface area contributed by atoms with Crippen molar-refractivity contribution in [3.05, 3.63) is 35.9 Å². The van der Waals surface area contributed by atoms with Crippen LogP contribution in [-0.2, 0) is 16.0 Å². The summed E-state index contributed by atoms with van der Waals surface area (Å²) in [6.45, 7) is 2.28. The van der Waals surface area contributed by atoms with Gasteiger partial charge in [0.1, 0.15) is 0 Å². The maximum Gasteiger partial charge on any atom is 0.407 e. The number of hydrogen-bond acceptors (Lipinski definition) is 3. The highest BCUT2D eigenvalue weighted by molar-refractivity contribution is 5.70. The largest absolute Gasteiger partial charge is 0.439 e. The number of alkyl carbamates (subject to hydrolysis) is 1. The SMILES string of the molecule is CCNC(=O)OC(C=O)CCc1ccccc1. The van der Waals surface area contributed by atoms with Crippen molar-refractivity contribution in [2.45, 2.75) is 25.9 Å². The summed E-state index contributed by atoms with van der Waals surface area (Å²) in [7, 11) is 0. The number of carbonyl (C=O) groups excluding carboxylic acids is 2. The van der Waals surface area contributed by atoms with Crippen LogP contribution in [0.15, 0.2) is 30.3 Å². The number of aldehydes is 1. The highest BCUT2D eigenvalue weighted by Gasteiger charge is 2.12. The maximum absolute atomic E-state index is 11.1. The van der Waals surface area contributed by atoms with Crippen LogP contribution >= 0.6 is 0 Å². The number of ether oxygens (including phenoxy) is 1. The molecule has 4 nitrogen and oxygen atoms in total. The lowest BCUT2D eigenvalue weighted by molar-refractivity contribution is -0.115. The van der Waals surface area contributed by atoms with Gasteiger partial charge in [-0.3, -0.25) is 4.79 Å². The third kappa shape index (κ3) is 5.15. The predicted octanol–water partition coefficient (Wildman–Crippen LogP) is 1.93. The van der Waals surface area contributed by atoms with E-state index in [2.05, 4.69) is 5.32 Å². The summed E-state index contributed by atoms with van der Waals surface area (Å²) in [5.41, 5.74) is 1.12. The van der Waals surface area contributed by atoms with Gasteiger partial charge in [0.25, 0.3) is 0 Å². The van der Waals surface area contributed by atoms with Crippen LogP contribution in [0.1, 0.15) is 18.9 Å². The topological polar surface area (TPSA) is 55.4 Å². The Kier molecular flexibility index (Phi) is 5.79. The van der Waals surface area contributed by atoms with E-state index in [-0.39, 0.29) is 0 Å². The molecule has 1 amide bonds. The van der Waals surface area contributed by atoms with E-state index in [1.165, 1.54) is 0 Å². The molecule has 0 saturated heterocycles. The van der Waals surface area contributed by atoms with E-state index in [9.17, 15) is 9.59 Å². The lowest BCUT2D eigenvalue weighted by Gasteiger charge is -2.12. The van der Waals surface area contributed by atoms with Gasteiger partial charge in [-0.05, 0) is 25.3 Å². The molecule has 0 aliphatic carbocycles. The lowest BCUT2D eigenvalue weighted by Crippen LogP contribution is -2.29. The van der Waals surface area contributed by atoms with Gasteiger partial charge in [-0.2, -0.15) is 0 Å². The van der Waals surface area contributed by atoms with Crippen LogP contribution < -0.4 is 5.32 Å². The van der Waals surface area contributed by atoms with Gasteiger partial charge in [0.15, 0.2) is 12.4 Å². The number of rotatable bonds is 6. The molecule has 0 radical (unpaired) electrons. The molecule has 1 N–H and O–H groups in total. The third-order valence-corrected chi connectivity index (χ3v) is 2.29. The molecule has 1 atom stereocenters. The second-order valence-corrected chi connectivity index (χ2v) is 3.63. The van der Waals surface area contributed by atoms with Crippen LogP contribution in [-0.4, -0.2) is 25.0 Å². The second-order valence-electron chi connectivity index (χ2n) is 3.63. The Morgan fingerprint density at radius 2 is 2.12 bits per heavy atom. The Morgan fingerprint density at radius 1 is 1.41 bits per heavy atom. The highest BCUT2D eigenvalue weighted by Crippen LogP contribution is 2.06. The van der Waals surface area contributed by atoms with E-state index in [0.29, 0.717) is 25.7 Å². The molecule has 4 heteroatoms. The molecule has 1 rings (SSSR count). The van der Waals surface area contributed by atoms with Gasteiger partial charge in [0.2, 0.25) is 0 Å². The van der Waals surface area contributed by atoms with E-state index < -0.39 is 12.2 Å². The molecule has 0 fully saturated rings. The van der Waals surface area contributed by atoms with Crippen molar-refractivity contribution in [3.8, 4) is 0 Å². The molecule has 0 aliphatic rings. The van der Waals surface area contributed by atoms with Crippen molar-refractivity contribution in [2.75, 3.05) is 6.54 Å². The van der Waals surface area contributed by atoms with Crippen molar-refractivity contribution >= 4 is 12.4 Å². The first-order chi connectivity index (χ1) is 8.26. The van der Waals surface area contributed by atoms with E-state index in [1.807, 2.05) is 30.3 Å². The minimum Gasteiger partial charge on any atom is -0.439 e. The summed E-state index contributed by atoms with van der Waals surface area (Å²) < 4.78 is 4.94. The molecule has 0 spiro atoms. The summed E-state index contributed by atoms with van der Waals surface area (Å²) >= 11 is 0. The number of nitrogens with one attached hydrogen (secondary N) is 1. The fraction of sp³-hybridized carbons (Fsp3) is 0.385. The van der Waals surface area contributed by atoms with E-state index in [4.69, 9.17) is 4.74 Å². The van der Waals surface area contributed by atoms with Gasteiger partial charge < -0.3 is 10.1 Å². The van der Waals surface area contributed by atoms with E-state index in [1.54, 1.807) is 6.92 Å². The van der Waals surface area contributed by atoms with Gasteiger partial charge in [-0.1, -0.05) is 30.3 Å². The van der Waals surface area contributed by atoms with E-state index in [0.717, 1.165) is 5.56 Å². The van der Waals surface area contributed by atoms with Crippen LogP contribution in [0.3, 0.4) is 0 Å². The Bertz CT molecular complexity index is 351. The molecule has 0 aromatic heterocycles. The van der Waals surface area contributed by atoms with Crippen LogP contribution in [0.5, 0.6) is 0 Å². The first kappa shape index (κ1) is 13.2. The zero-order valence-electron chi connectivity index (χ0n) is 9.89. The zero-order valence-corrected chi connectivity index (χ0v) is 9.89. The number of hydrogen-bond donors (Lipinski definition) is 1. The predicted molar refractivity (Wildman–Crippen MR) is 64.8 cm³/mol. The van der Waals surface area contributed by atoms with Crippen molar-refractivity contribution in [3.63, 3.8) is 0 Å². The second kappa shape index (κ2) is 7.44. The molecule has 1 unspecified atom stereocenters. The first-order valence-electron chi connectivity index (χ1n) is 5.70. The average Bonchev–Trinajstić information content (AvgIpc) is 2.36. The minimum atomic E-state index is -0.679. The smallest absolute Gasteiger partial charge is 0.407 e. The van der Waals surface area contributed by atoms with Crippen molar-refractivity contribution < 1.29 is 14.3 Å². The molecular formula is C13H17NO3. The summed E-state index contributed by atoms with van der Waals surface area (Å²) in [6, 6.07) is 9.78. The monoisotopic (exact) mass is 235 g/mol. The van der Waals surface area contributed by atoms with E-state index >= 15 is 0 Å². The molecule has 0 heterocycles. The Hall–Kier alpha value is -1.84. The van der Waals surface area contributed by atoms with Gasteiger partial charge in [-0.25, -0.2) is 4.79 Å². The van der Waals surface area contributed by atoms with Crippen molar-refractivity contribution in [1.29, 1.82) is 0 Å². The van der Waals surface area contributed by atoms with Gasteiger partial charge in [0.05, 0.1) is 0 Å². The van der Waals surface area contributed by atoms with Gasteiger partial charge >= 0.3 is 6.09 Å². The quantitative estimate of drug-likeness (QED) is 0.766. The normalized spacial score (nSPS) is 11.6. The first-order valence-corrected chi connectivity index (χ1v) is 5.70. The summed E-state index contributed by atoms with van der Waals surface area (Å²) in [6.07, 6.45) is 0.659. The summed E-state index contributed by atoms with van der Waals surface area (Å²) in [5, 5.41) is 2.49. The Balaban J connectivity index is 2.37. The molecular weight excluding hydrogens is 218 g/mol. The van der Waals surface area contributed by atoms with Crippen LogP contribution in [0.4, 0.5) is 4.79 Å². The van der Waals surface area contributed by atoms with Crippen LogP contribution in [0, 0.1) is 0 Å². The standard InChI is InChI=1S/C13H17NO3/c1-2-14-13(16)17-12(10-15)9-8-11-6-4-3-5-7-11/h3-7,10,12H,2,8-9H2,1H3,(H,14,16). The molecule has 0 bridgehead atoms. The third-order valence-electron chi connectivity index (χ3n) is 2.29. The molecule has 1 aromatic carbocycles. The van der Waals surface area contributed by atoms with Gasteiger partial charge in [-0.15, -0.1) is 0 Å². The molecule has 1 aromatic rings. The molecule has 0 aliphatic heterocycles. The highest BCUT2D eigenvalue weighted by atomic mass is 16.6. The number of aryl methyl sites for hydroxylation is 1. The van der Waals surface area contributed by atoms with Crippen LogP contribution in [0.2, 0.25) is 0 Å². The van der Waals surface area contributed by atoms with Crippen LogP contribution in [0.25, 0.3) is 0 Å². The van der Waals surface area contributed by atoms with Crippen molar-refractivity contribution in [2.24, 2.45) is 0 Å². The minimum absolute atomic E-state index is 0.489. The number of carbonyl (C=O) groups is 2. The molecule has 0 saturated carbocycles. The van der Waals surface area contributed by atoms with Crippen molar-refractivity contribution in [1.82, 2.24) is 5.32 Å². The lowest BCUT2D eigenvalue weighted by atomic mass is 10.1. The Labute approximate surface area is 101 Å². The number of benzene rings is 1. The summed E-state index contributed by atoms with van der Waals surface area (Å²) in [5.74, 6) is 0. The molecule has 92 valence electrons. The number of amides is 1. The zero-order chi connectivity index (χ0) is 12.5. The molecule has 17 heavy (non-hydrogen) atoms. The summed E-state index contributed by atoms with van der Waals surface area (Å²) in [4.78, 5) is 21.9. The Morgan fingerprint density at radius 3 is 2.71 bits per heavy atom. The fourth-order valence-electron chi connectivity index (χ4n) is 1.43. The maximum atomic E-state index is 11.1. The van der Waals surface area contributed by atoms with Gasteiger partial charge in [0, 0.05) is 6.54 Å².